The molecule has 0 bridgehead atoms. The molecule has 0 fully saturated rings. The highest BCUT2D eigenvalue weighted by molar-refractivity contribution is 5.73. The van der Waals surface area contributed by atoms with Crippen LogP contribution in [0, 0.1) is 0 Å². The Morgan fingerprint density at radius 3 is 2.68 bits per heavy atom. The van der Waals surface area contributed by atoms with E-state index in [-0.39, 0.29) is 6.04 Å². The molecule has 6 nitrogen and oxygen atoms in total. The van der Waals surface area contributed by atoms with Crippen molar-refractivity contribution in [3.63, 3.8) is 0 Å². The Hall–Kier alpha value is -2.31. The highest BCUT2D eigenvalue weighted by Gasteiger charge is 2.17. The quantitative estimate of drug-likeness (QED) is 0.536. The maximum Gasteiger partial charge on any atom is 0.106 e. The Morgan fingerprint density at radius 2 is 2.00 bits per heavy atom. The predicted molar refractivity (Wildman–Crippen MR) is 71.9 cm³/mol. The number of rotatable bonds is 3. The molecule has 1 atom stereocenters. The van der Waals surface area contributed by atoms with E-state index in [9.17, 15) is 0 Å². The molecular formula is C13H14N6. The van der Waals surface area contributed by atoms with Gasteiger partial charge in [-0.3, -0.25) is 15.5 Å². The first-order valence-corrected chi connectivity index (χ1v) is 5.95. The van der Waals surface area contributed by atoms with Crippen LogP contribution in [-0.2, 0) is 7.05 Å². The lowest BCUT2D eigenvalue weighted by atomic mass is 10.1. The Bertz CT molecular complexity index is 705. The summed E-state index contributed by atoms with van der Waals surface area (Å²) in [6.07, 6.45) is 3.47. The van der Waals surface area contributed by atoms with Crippen molar-refractivity contribution in [3.8, 4) is 0 Å². The van der Waals surface area contributed by atoms with E-state index in [1.54, 1.807) is 17.1 Å². The molecule has 0 saturated carbocycles. The number of aromatic nitrogens is 4. The second-order valence-electron chi connectivity index (χ2n) is 4.26. The molecule has 19 heavy (non-hydrogen) atoms. The van der Waals surface area contributed by atoms with E-state index in [2.05, 4.69) is 20.5 Å². The molecule has 0 saturated heterocycles. The number of para-hydroxylation sites is 2. The van der Waals surface area contributed by atoms with E-state index in [0.29, 0.717) is 0 Å². The Labute approximate surface area is 110 Å². The van der Waals surface area contributed by atoms with Gasteiger partial charge in [0.05, 0.1) is 28.6 Å². The van der Waals surface area contributed by atoms with E-state index in [4.69, 9.17) is 5.84 Å². The monoisotopic (exact) mass is 254 g/mol. The SMILES string of the molecule is Cn1nccc1C(NN)c1cnc2ccccc2n1. The molecule has 0 aliphatic rings. The van der Waals surface area contributed by atoms with Crippen molar-refractivity contribution in [2.45, 2.75) is 6.04 Å². The second kappa shape index (κ2) is 4.75. The molecule has 0 amide bonds. The Morgan fingerprint density at radius 1 is 1.21 bits per heavy atom. The predicted octanol–water partition coefficient (Wildman–Crippen LogP) is 0.916. The number of aryl methyl sites for hydroxylation is 1. The Balaban J connectivity index is 2.09. The van der Waals surface area contributed by atoms with Crippen molar-refractivity contribution in [2.75, 3.05) is 0 Å². The third-order valence-electron chi connectivity index (χ3n) is 3.08. The molecule has 2 aromatic heterocycles. The molecule has 0 radical (unpaired) electrons. The summed E-state index contributed by atoms with van der Waals surface area (Å²) in [5.74, 6) is 5.65. The smallest absolute Gasteiger partial charge is 0.106 e. The van der Waals surface area contributed by atoms with Crippen LogP contribution in [0.2, 0.25) is 0 Å². The number of hydrogen-bond acceptors (Lipinski definition) is 5. The number of hydrogen-bond donors (Lipinski definition) is 2. The zero-order valence-corrected chi connectivity index (χ0v) is 10.5. The van der Waals surface area contributed by atoms with Crippen LogP contribution in [0.3, 0.4) is 0 Å². The lowest BCUT2D eigenvalue weighted by Crippen LogP contribution is -2.31. The van der Waals surface area contributed by atoms with Crippen molar-refractivity contribution < 1.29 is 0 Å². The summed E-state index contributed by atoms with van der Waals surface area (Å²) < 4.78 is 1.77. The van der Waals surface area contributed by atoms with Crippen LogP contribution >= 0.6 is 0 Å². The van der Waals surface area contributed by atoms with Gasteiger partial charge >= 0.3 is 0 Å². The van der Waals surface area contributed by atoms with E-state index in [1.807, 2.05) is 37.4 Å². The van der Waals surface area contributed by atoms with Crippen molar-refractivity contribution in [2.24, 2.45) is 12.9 Å². The molecule has 2 heterocycles. The van der Waals surface area contributed by atoms with Crippen LogP contribution in [-0.4, -0.2) is 19.7 Å². The molecule has 6 heteroatoms. The van der Waals surface area contributed by atoms with Gasteiger partial charge in [0, 0.05) is 13.2 Å². The van der Waals surface area contributed by atoms with Gasteiger partial charge in [0.1, 0.15) is 6.04 Å². The van der Waals surface area contributed by atoms with Crippen LogP contribution in [0.4, 0.5) is 0 Å². The van der Waals surface area contributed by atoms with Gasteiger partial charge in [0.25, 0.3) is 0 Å². The summed E-state index contributed by atoms with van der Waals surface area (Å²) in [5.41, 5.74) is 6.19. The summed E-state index contributed by atoms with van der Waals surface area (Å²) in [7, 11) is 1.87. The molecular weight excluding hydrogens is 240 g/mol. The fourth-order valence-corrected chi connectivity index (χ4v) is 2.10. The summed E-state index contributed by atoms with van der Waals surface area (Å²) in [4.78, 5) is 9.00. The third-order valence-corrected chi connectivity index (χ3v) is 3.08. The minimum absolute atomic E-state index is 0.232. The largest absolute Gasteiger partial charge is 0.271 e. The molecule has 0 aliphatic carbocycles. The van der Waals surface area contributed by atoms with Gasteiger partial charge in [-0.25, -0.2) is 10.4 Å². The second-order valence-corrected chi connectivity index (χ2v) is 4.26. The minimum Gasteiger partial charge on any atom is -0.271 e. The van der Waals surface area contributed by atoms with E-state index in [0.717, 1.165) is 22.4 Å². The van der Waals surface area contributed by atoms with Gasteiger partial charge in [-0.2, -0.15) is 5.10 Å². The van der Waals surface area contributed by atoms with Crippen LogP contribution in [0.5, 0.6) is 0 Å². The molecule has 96 valence electrons. The average Bonchev–Trinajstić information content (AvgIpc) is 2.86. The third kappa shape index (κ3) is 2.07. The zero-order valence-electron chi connectivity index (χ0n) is 10.5. The first-order chi connectivity index (χ1) is 9.29. The van der Waals surface area contributed by atoms with Gasteiger partial charge in [0.2, 0.25) is 0 Å². The lowest BCUT2D eigenvalue weighted by molar-refractivity contribution is 0.564. The highest BCUT2D eigenvalue weighted by atomic mass is 15.3. The fraction of sp³-hybridized carbons (Fsp3) is 0.154. The number of hydrazine groups is 1. The summed E-state index contributed by atoms with van der Waals surface area (Å²) in [6, 6.07) is 9.42. The molecule has 1 unspecified atom stereocenters. The molecule has 0 spiro atoms. The van der Waals surface area contributed by atoms with Gasteiger partial charge in [-0.05, 0) is 18.2 Å². The number of fused-ring (bicyclic) bond motifs is 1. The van der Waals surface area contributed by atoms with Crippen molar-refractivity contribution in [1.82, 2.24) is 25.2 Å². The maximum atomic E-state index is 5.65. The molecule has 3 aromatic rings. The summed E-state index contributed by atoms with van der Waals surface area (Å²) in [6.45, 7) is 0. The number of nitrogens with one attached hydrogen (secondary N) is 1. The zero-order chi connectivity index (χ0) is 13.2. The topological polar surface area (TPSA) is 81.7 Å². The maximum absolute atomic E-state index is 5.65. The fourth-order valence-electron chi connectivity index (χ4n) is 2.10. The van der Waals surface area contributed by atoms with Crippen LogP contribution in [0.15, 0.2) is 42.7 Å². The molecule has 3 rings (SSSR count). The van der Waals surface area contributed by atoms with E-state index < -0.39 is 0 Å². The lowest BCUT2D eigenvalue weighted by Gasteiger charge is -2.15. The standard InChI is InChI=1S/C13H14N6/c1-19-12(6-7-16-19)13(18-14)11-8-15-9-4-2-3-5-10(9)17-11/h2-8,13,18H,14H2,1H3. The summed E-state index contributed by atoms with van der Waals surface area (Å²) in [5, 5.41) is 4.15. The first kappa shape index (κ1) is 11.8. The van der Waals surface area contributed by atoms with Gasteiger partial charge in [-0.15, -0.1) is 0 Å². The molecule has 0 aliphatic heterocycles. The summed E-state index contributed by atoms with van der Waals surface area (Å²) >= 11 is 0. The van der Waals surface area contributed by atoms with Gasteiger partial charge < -0.3 is 0 Å². The van der Waals surface area contributed by atoms with Gasteiger partial charge in [-0.1, -0.05) is 12.1 Å². The number of benzene rings is 1. The van der Waals surface area contributed by atoms with Gasteiger partial charge in [0.15, 0.2) is 0 Å². The minimum atomic E-state index is -0.232. The normalized spacial score (nSPS) is 12.7. The van der Waals surface area contributed by atoms with E-state index >= 15 is 0 Å². The van der Waals surface area contributed by atoms with Crippen LogP contribution in [0.25, 0.3) is 11.0 Å². The molecule has 3 N–H and O–H groups in total. The number of nitrogens with two attached hydrogens (primary N) is 1. The van der Waals surface area contributed by atoms with Crippen LogP contribution in [0.1, 0.15) is 17.4 Å². The highest BCUT2D eigenvalue weighted by Crippen LogP contribution is 2.20. The number of nitrogens with zero attached hydrogens (tertiary/aromatic N) is 4. The van der Waals surface area contributed by atoms with Crippen LogP contribution < -0.4 is 11.3 Å². The average molecular weight is 254 g/mol. The van der Waals surface area contributed by atoms with Crippen molar-refractivity contribution in [3.05, 3.63) is 54.1 Å². The van der Waals surface area contributed by atoms with Crippen molar-refractivity contribution >= 4 is 11.0 Å². The molecule has 1 aromatic carbocycles. The van der Waals surface area contributed by atoms with E-state index in [1.165, 1.54) is 0 Å². The van der Waals surface area contributed by atoms with Crippen molar-refractivity contribution in [1.29, 1.82) is 0 Å². The first-order valence-electron chi connectivity index (χ1n) is 5.95. The Kier molecular flexibility index (Phi) is 2.94.